The number of carbonyl (C=O) groups is 2. The van der Waals surface area contributed by atoms with Crippen LogP contribution >= 0.6 is 0 Å². The van der Waals surface area contributed by atoms with Gasteiger partial charge in [0.05, 0.1) is 18.7 Å². The molecule has 0 aliphatic rings. The third-order valence-corrected chi connectivity index (χ3v) is 3.33. The van der Waals surface area contributed by atoms with Crippen LogP contribution in [0.25, 0.3) is 0 Å². The number of rotatable bonds is 11. The lowest BCUT2D eigenvalue weighted by molar-refractivity contribution is -0.154. The van der Waals surface area contributed by atoms with Gasteiger partial charge in [0.25, 0.3) is 0 Å². The third-order valence-electron chi connectivity index (χ3n) is 3.33. The molecule has 1 rings (SSSR count). The summed E-state index contributed by atoms with van der Waals surface area (Å²) in [5.74, 6) is -1.63. The second-order valence-corrected chi connectivity index (χ2v) is 5.17. The maximum atomic E-state index is 13.3. The average Bonchev–Trinajstić information content (AvgIpc) is 2.59. The molecule has 1 heterocycles. The van der Waals surface area contributed by atoms with Gasteiger partial charge in [0.15, 0.2) is 11.6 Å². The highest BCUT2D eigenvalue weighted by atomic mass is 19.1. The molecule has 9 nitrogen and oxygen atoms in total. The number of nitrogens with one attached hydrogen (secondary N) is 3. The van der Waals surface area contributed by atoms with Crippen LogP contribution in [0.2, 0.25) is 0 Å². The van der Waals surface area contributed by atoms with Crippen LogP contribution < -0.4 is 16.2 Å². The molecule has 0 unspecified atom stereocenters. The number of halogens is 1. The maximum Gasteiger partial charge on any atom is 0.243 e. The van der Waals surface area contributed by atoms with Gasteiger partial charge in [-0.2, -0.15) is 4.98 Å². The monoisotopic (exact) mass is 342 g/mol. The van der Waals surface area contributed by atoms with Crippen molar-refractivity contribution < 1.29 is 19.2 Å². The number of hydrazine groups is 1. The molecule has 0 aliphatic carbocycles. The highest BCUT2D eigenvalue weighted by Crippen LogP contribution is 2.13. The quantitative estimate of drug-likeness (QED) is 0.206. The zero-order valence-electron chi connectivity index (χ0n) is 13.8. The van der Waals surface area contributed by atoms with Gasteiger partial charge in [-0.3, -0.25) is 25.6 Å². The lowest BCUT2D eigenvalue weighted by atomic mass is 10.0. The van der Waals surface area contributed by atoms with Crippen LogP contribution in [0.15, 0.2) is 6.20 Å². The zero-order chi connectivity index (χ0) is 17.9. The summed E-state index contributed by atoms with van der Waals surface area (Å²) in [6.07, 6.45) is 4.44. The number of nitrogens with zero attached hydrogens (tertiary/aromatic N) is 3. The summed E-state index contributed by atoms with van der Waals surface area (Å²) in [6, 6.07) is 0. The van der Waals surface area contributed by atoms with Gasteiger partial charge in [0.2, 0.25) is 18.3 Å². The Bertz CT molecular complexity index is 545. The van der Waals surface area contributed by atoms with Crippen molar-refractivity contribution in [2.75, 3.05) is 24.3 Å². The van der Waals surface area contributed by atoms with E-state index in [1.54, 1.807) is 0 Å². The first-order chi connectivity index (χ1) is 11.5. The first-order valence-electron chi connectivity index (χ1n) is 7.68. The molecule has 24 heavy (non-hydrogen) atoms. The van der Waals surface area contributed by atoms with E-state index in [0.717, 1.165) is 25.5 Å². The average molecular weight is 342 g/mol. The van der Waals surface area contributed by atoms with Crippen molar-refractivity contribution in [3.63, 3.8) is 0 Å². The normalized spacial score (nSPS) is 11.5. The van der Waals surface area contributed by atoms with Crippen molar-refractivity contribution in [2.24, 2.45) is 5.92 Å². The molecule has 2 amide bonds. The Labute approximate surface area is 139 Å². The predicted molar refractivity (Wildman–Crippen MR) is 85.5 cm³/mol. The summed E-state index contributed by atoms with van der Waals surface area (Å²) < 4.78 is 13.3. The molecule has 1 aromatic heterocycles. The molecular formula is C14H23FN6O3. The van der Waals surface area contributed by atoms with Crippen LogP contribution in [0.4, 0.5) is 16.2 Å². The molecule has 0 aromatic carbocycles. The van der Waals surface area contributed by atoms with E-state index >= 15 is 0 Å². The fourth-order valence-electron chi connectivity index (χ4n) is 2.04. The van der Waals surface area contributed by atoms with E-state index in [1.807, 2.05) is 6.92 Å². The maximum absolute atomic E-state index is 13.3. The fraction of sp³-hybridized carbons (Fsp3) is 0.571. The molecule has 0 bridgehead atoms. The van der Waals surface area contributed by atoms with Crippen LogP contribution in [0.5, 0.6) is 0 Å². The van der Waals surface area contributed by atoms with Gasteiger partial charge in [-0.05, 0) is 6.42 Å². The van der Waals surface area contributed by atoms with Crippen LogP contribution in [-0.4, -0.2) is 46.1 Å². The van der Waals surface area contributed by atoms with Crippen molar-refractivity contribution in [3.8, 4) is 0 Å². The fourth-order valence-corrected chi connectivity index (χ4v) is 2.04. The van der Waals surface area contributed by atoms with Crippen LogP contribution in [0.3, 0.4) is 0 Å². The molecule has 0 saturated heterocycles. The largest absolute Gasteiger partial charge is 0.371 e. The standard InChI is InChI=1S/C14H23FN6O3/c1-3-4-5-6-10(8-21(24)9-22)13(23)19-20-14-17-7-11(15)12(16-2)18-14/h7,9-10,24H,3-6,8H2,1-2H3,(H,19,23)(H2,16,17,18,20)/t10-/m0/s1. The highest BCUT2D eigenvalue weighted by Gasteiger charge is 2.20. The van der Waals surface area contributed by atoms with E-state index in [4.69, 9.17) is 0 Å². The molecule has 4 N–H and O–H groups in total. The molecular weight excluding hydrogens is 319 g/mol. The molecule has 1 atom stereocenters. The summed E-state index contributed by atoms with van der Waals surface area (Å²) in [4.78, 5) is 30.3. The topological polar surface area (TPSA) is 119 Å². The van der Waals surface area contributed by atoms with Gasteiger partial charge in [0.1, 0.15) is 0 Å². The number of amides is 2. The SMILES string of the molecule is CCCCC[C@@H](CN(O)C=O)C(=O)NNc1ncc(F)c(NC)n1. The minimum atomic E-state index is -0.617. The van der Waals surface area contributed by atoms with E-state index in [0.29, 0.717) is 11.5 Å². The van der Waals surface area contributed by atoms with Crippen molar-refractivity contribution in [1.29, 1.82) is 0 Å². The minimum Gasteiger partial charge on any atom is -0.371 e. The lowest BCUT2D eigenvalue weighted by Gasteiger charge is -2.19. The number of unbranched alkanes of at least 4 members (excludes halogenated alkanes) is 2. The summed E-state index contributed by atoms with van der Waals surface area (Å²) in [6.45, 7) is 1.92. The second-order valence-electron chi connectivity index (χ2n) is 5.17. The zero-order valence-corrected chi connectivity index (χ0v) is 13.8. The Balaban J connectivity index is 2.63. The Kier molecular flexibility index (Phi) is 8.41. The molecule has 0 fully saturated rings. The van der Waals surface area contributed by atoms with Crippen molar-refractivity contribution in [2.45, 2.75) is 32.6 Å². The Hall–Kier alpha value is -2.49. The van der Waals surface area contributed by atoms with Gasteiger partial charge in [-0.1, -0.05) is 26.2 Å². The van der Waals surface area contributed by atoms with Gasteiger partial charge in [-0.25, -0.2) is 14.4 Å². The predicted octanol–water partition coefficient (Wildman–Crippen LogP) is 1.14. The number of hydroxylamine groups is 2. The van der Waals surface area contributed by atoms with Gasteiger partial charge < -0.3 is 5.32 Å². The second kappa shape index (κ2) is 10.3. The number of hydrogen-bond donors (Lipinski definition) is 4. The van der Waals surface area contributed by atoms with E-state index in [9.17, 15) is 19.2 Å². The molecule has 10 heteroatoms. The first-order valence-corrected chi connectivity index (χ1v) is 7.68. The number of carbonyl (C=O) groups excluding carboxylic acids is 2. The third kappa shape index (κ3) is 6.32. The van der Waals surface area contributed by atoms with Crippen LogP contribution in [0.1, 0.15) is 32.6 Å². The van der Waals surface area contributed by atoms with Gasteiger partial charge in [-0.15, -0.1) is 0 Å². The van der Waals surface area contributed by atoms with Crippen molar-refractivity contribution in [3.05, 3.63) is 12.0 Å². The number of aromatic nitrogens is 2. The summed E-state index contributed by atoms with van der Waals surface area (Å²) >= 11 is 0. The van der Waals surface area contributed by atoms with E-state index in [2.05, 4.69) is 26.1 Å². The molecule has 0 spiro atoms. The molecule has 0 saturated carbocycles. The lowest BCUT2D eigenvalue weighted by Crippen LogP contribution is -2.40. The van der Waals surface area contributed by atoms with Gasteiger partial charge in [0, 0.05) is 7.05 Å². The molecule has 134 valence electrons. The van der Waals surface area contributed by atoms with Crippen LogP contribution in [-0.2, 0) is 9.59 Å². The smallest absolute Gasteiger partial charge is 0.243 e. The summed E-state index contributed by atoms with van der Waals surface area (Å²) in [7, 11) is 1.51. The Morgan fingerprint density at radius 3 is 2.88 bits per heavy atom. The molecule has 1 aromatic rings. The van der Waals surface area contributed by atoms with E-state index in [1.165, 1.54) is 7.05 Å². The van der Waals surface area contributed by atoms with Crippen molar-refractivity contribution >= 4 is 24.1 Å². The van der Waals surface area contributed by atoms with E-state index in [-0.39, 0.29) is 24.7 Å². The Morgan fingerprint density at radius 1 is 1.50 bits per heavy atom. The number of hydrogen-bond acceptors (Lipinski definition) is 7. The van der Waals surface area contributed by atoms with Crippen LogP contribution in [0, 0.1) is 11.7 Å². The highest BCUT2D eigenvalue weighted by molar-refractivity contribution is 5.80. The van der Waals surface area contributed by atoms with Gasteiger partial charge >= 0.3 is 0 Å². The van der Waals surface area contributed by atoms with Crippen molar-refractivity contribution in [1.82, 2.24) is 20.5 Å². The Morgan fingerprint density at radius 2 is 2.25 bits per heavy atom. The summed E-state index contributed by atoms with van der Waals surface area (Å²) in [5.41, 5.74) is 4.90. The minimum absolute atomic E-state index is 0.0104. The summed E-state index contributed by atoms with van der Waals surface area (Å²) in [5, 5.41) is 12.3. The van der Waals surface area contributed by atoms with E-state index < -0.39 is 17.6 Å². The number of anilines is 2. The first kappa shape index (κ1) is 19.6. The molecule has 0 radical (unpaired) electrons. The molecule has 0 aliphatic heterocycles.